The van der Waals surface area contributed by atoms with Gasteiger partial charge in [0, 0.05) is 12.5 Å². The number of hydrogen-bond donors (Lipinski definition) is 2. The van der Waals surface area contributed by atoms with Gasteiger partial charge in [0.1, 0.15) is 6.10 Å². The van der Waals surface area contributed by atoms with Gasteiger partial charge in [0.2, 0.25) is 0 Å². The molecule has 1 heterocycles. The predicted octanol–water partition coefficient (Wildman–Crippen LogP) is 1.75. The number of aromatic nitrogens is 2. The van der Waals surface area contributed by atoms with Crippen LogP contribution in [-0.2, 0) is 0 Å². The standard InChI is InChI=1S/C12H21N3O2/c1-2-8-3-5-9(6-4-8)11-14-12(17-15-11)10(16)7-13/h8-10,16H,2-7,13H2,1H3/t8?,9?,10-/m0/s1. The van der Waals surface area contributed by atoms with Crippen LogP contribution in [-0.4, -0.2) is 21.8 Å². The van der Waals surface area contributed by atoms with Gasteiger partial charge in [-0.1, -0.05) is 18.5 Å². The van der Waals surface area contributed by atoms with Crippen molar-refractivity contribution < 1.29 is 9.63 Å². The van der Waals surface area contributed by atoms with Crippen LogP contribution in [0, 0.1) is 5.92 Å². The highest BCUT2D eigenvalue weighted by atomic mass is 16.5. The van der Waals surface area contributed by atoms with Crippen molar-refractivity contribution in [1.82, 2.24) is 10.1 Å². The first-order chi connectivity index (χ1) is 8.24. The molecule has 2 rings (SSSR count). The second-order valence-corrected chi connectivity index (χ2v) is 4.87. The summed E-state index contributed by atoms with van der Waals surface area (Å²) in [7, 11) is 0. The highest BCUT2D eigenvalue weighted by molar-refractivity contribution is 4.99. The maximum absolute atomic E-state index is 9.50. The predicted molar refractivity (Wildman–Crippen MR) is 63.3 cm³/mol. The summed E-state index contributed by atoms with van der Waals surface area (Å²) < 4.78 is 5.03. The lowest BCUT2D eigenvalue weighted by Gasteiger charge is -2.25. The molecule has 96 valence electrons. The van der Waals surface area contributed by atoms with Crippen molar-refractivity contribution in [2.45, 2.75) is 51.0 Å². The van der Waals surface area contributed by atoms with E-state index in [9.17, 15) is 5.11 Å². The van der Waals surface area contributed by atoms with E-state index in [0.29, 0.717) is 5.92 Å². The molecule has 1 atom stereocenters. The SMILES string of the molecule is CCC1CCC(c2noc([C@@H](O)CN)n2)CC1. The monoisotopic (exact) mass is 239 g/mol. The van der Waals surface area contributed by atoms with E-state index < -0.39 is 6.10 Å². The second kappa shape index (κ2) is 5.60. The van der Waals surface area contributed by atoms with Gasteiger partial charge in [-0.3, -0.25) is 0 Å². The van der Waals surface area contributed by atoms with E-state index in [4.69, 9.17) is 10.3 Å². The van der Waals surface area contributed by atoms with E-state index in [0.717, 1.165) is 24.6 Å². The molecule has 0 saturated heterocycles. The summed E-state index contributed by atoms with van der Waals surface area (Å²) in [4.78, 5) is 4.25. The Morgan fingerprint density at radius 2 is 2.12 bits per heavy atom. The molecule has 1 aromatic rings. The zero-order chi connectivity index (χ0) is 12.3. The Labute approximate surface area is 101 Å². The molecule has 1 aliphatic rings. The third kappa shape index (κ3) is 2.84. The first kappa shape index (κ1) is 12.5. The van der Waals surface area contributed by atoms with Crippen LogP contribution < -0.4 is 5.73 Å². The van der Waals surface area contributed by atoms with Crippen molar-refractivity contribution in [1.29, 1.82) is 0 Å². The lowest BCUT2D eigenvalue weighted by atomic mass is 9.80. The number of aliphatic hydroxyl groups excluding tert-OH is 1. The van der Waals surface area contributed by atoms with Crippen molar-refractivity contribution in [3.63, 3.8) is 0 Å². The summed E-state index contributed by atoms with van der Waals surface area (Å²) >= 11 is 0. The van der Waals surface area contributed by atoms with Gasteiger partial charge in [-0.25, -0.2) is 0 Å². The van der Waals surface area contributed by atoms with Gasteiger partial charge in [0.25, 0.3) is 5.89 Å². The molecule has 3 N–H and O–H groups in total. The topological polar surface area (TPSA) is 85.2 Å². The van der Waals surface area contributed by atoms with Crippen LogP contribution in [0.1, 0.15) is 62.8 Å². The molecule has 0 radical (unpaired) electrons. The number of nitrogens with zero attached hydrogens (tertiary/aromatic N) is 2. The Bertz CT molecular complexity index is 345. The molecule has 17 heavy (non-hydrogen) atoms. The molecule has 0 unspecified atom stereocenters. The van der Waals surface area contributed by atoms with E-state index in [2.05, 4.69) is 17.1 Å². The van der Waals surface area contributed by atoms with Crippen molar-refractivity contribution in [2.24, 2.45) is 11.7 Å². The summed E-state index contributed by atoms with van der Waals surface area (Å²) in [6.07, 6.45) is 5.15. The molecule has 1 aromatic heterocycles. The number of aliphatic hydroxyl groups is 1. The van der Waals surface area contributed by atoms with Gasteiger partial charge in [-0.2, -0.15) is 4.98 Å². The largest absolute Gasteiger partial charge is 0.382 e. The van der Waals surface area contributed by atoms with E-state index in [1.807, 2.05) is 0 Å². The molecule has 0 aliphatic heterocycles. The molecule has 0 spiro atoms. The fourth-order valence-electron chi connectivity index (χ4n) is 2.48. The Morgan fingerprint density at radius 1 is 1.41 bits per heavy atom. The van der Waals surface area contributed by atoms with E-state index in [1.54, 1.807) is 0 Å². The van der Waals surface area contributed by atoms with Crippen molar-refractivity contribution >= 4 is 0 Å². The average molecular weight is 239 g/mol. The third-order valence-electron chi connectivity index (χ3n) is 3.76. The Balaban J connectivity index is 1.97. The molecule has 1 saturated carbocycles. The zero-order valence-corrected chi connectivity index (χ0v) is 10.3. The molecule has 5 nitrogen and oxygen atoms in total. The molecule has 5 heteroatoms. The molecular formula is C12H21N3O2. The Hall–Kier alpha value is -0.940. The van der Waals surface area contributed by atoms with Gasteiger partial charge in [0.15, 0.2) is 5.82 Å². The van der Waals surface area contributed by atoms with E-state index in [1.165, 1.54) is 19.3 Å². The average Bonchev–Trinajstić information content (AvgIpc) is 2.87. The van der Waals surface area contributed by atoms with E-state index >= 15 is 0 Å². The van der Waals surface area contributed by atoms with Crippen LogP contribution in [0.4, 0.5) is 0 Å². The number of nitrogens with two attached hydrogens (primary N) is 1. The van der Waals surface area contributed by atoms with Crippen LogP contribution in [0.25, 0.3) is 0 Å². The minimum atomic E-state index is -0.830. The summed E-state index contributed by atoms with van der Waals surface area (Å²) in [6.45, 7) is 2.36. The quantitative estimate of drug-likeness (QED) is 0.836. The Morgan fingerprint density at radius 3 is 2.71 bits per heavy atom. The molecular weight excluding hydrogens is 218 g/mol. The highest BCUT2D eigenvalue weighted by Gasteiger charge is 2.26. The van der Waals surface area contributed by atoms with Crippen molar-refractivity contribution in [3.8, 4) is 0 Å². The summed E-state index contributed by atoms with van der Waals surface area (Å²) in [6, 6.07) is 0. The normalized spacial score (nSPS) is 27.0. The maximum Gasteiger partial charge on any atom is 0.256 e. The van der Waals surface area contributed by atoms with Crippen LogP contribution in [0.3, 0.4) is 0 Å². The number of hydrogen-bond acceptors (Lipinski definition) is 5. The van der Waals surface area contributed by atoms with Crippen molar-refractivity contribution in [3.05, 3.63) is 11.7 Å². The van der Waals surface area contributed by atoms with Crippen LogP contribution in [0.15, 0.2) is 4.52 Å². The minimum absolute atomic E-state index is 0.115. The lowest BCUT2D eigenvalue weighted by Crippen LogP contribution is -2.14. The van der Waals surface area contributed by atoms with Gasteiger partial charge >= 0.3 is 0 Å². The minimum Gasteiger partial charge on any atom is -0.382 e. The van der Waals surface area contributed by atoms with Crippen molar-refractivity contribution in [2.75, 3.05) is 6.54 Å². The molecule has 0 amide bonds. The first-order valence-electron chi connectivity index (χ1n) is 6.46. The smallest absolute Gasteiger partial charge is 0.256 e. The van der Waals surface area contributed by atoms with Gasteiger partial charge < -0.3 is 15.4 Å². The fourth-order valence-corrected chi connectivity index (χ4v) is 2.48. The van der Waals surface area contributed by atoms with Gasteiger partial charge in [-0.15, -0.1) is 0 Å². The second-order valence-electron chi connectivity index (χ2n) is 4.87. The molecule has 1 fully saturated rings. The lowest BCUT2D eigenvalue weighted by molar-refractivity contribution is 0.141. The zero-order valence-electron chi connectivity index (χ0n) is 10.3. The summed E-state index contributed by atoms with van der Waals surface area (Å²) in [5, 5.41) is 13.5. The summed E-state index contributed by atoms with van der Waals surface area (Å²) in [5.74, 6) is 2.23. The molecule has 0 bridgehead atoms. The first-order valence-corrected chi connectivity index (χ1v) is 6.46. The van der Waals surface area contributed by atoms with E-state index in [-0.39, 0.29) is 12.4 Å². The fraction of sp³-hybridized carbons (Fsp3) is 0.833. The third-order valence-corrected chi connectivity index (χ3v) is 3.76. The highest BCUT2D eigenvalue weighted by Crippen LogP contribution is 2.35. The van der Waals surface area contributed by atoms with Crippen LogP contribution >= 0.6 is 0 Å². The summed E-state index contributed by atoms with van der Waals surface area (Å²) in [5.41, 5.74) is 5.35. The van der Waals surface area contributed by atoms with Crippen LogP contribution in [0.5, 0.6) is 0 Å². The molecule has 1 aliphatic carbocycles. The maximum atomic E-state index is 9.50. The number of rotatable bonds is 4. The molecule has 0 aromatic carbocycles. The van der Waals surface area contributed by atoms with Crippen LogP contribution in [0.2, 0.25) is 0 Å². The van der Waals surface area contributed by atoms with Gasteiger partial charge in [-0.05, 0) is 31.6 Å². The Kier molecular flexibility index (Phi) is 4.12. The van der Waals surface area contributed by atoms with Gasteiger partial charge in [0.05, 0.1) is 0 Å².